The van der Waals surface area contributed by atoms with Crippen molar-refractivity contribution in [1.82, 2.24) is 9.80 Å². The molecule has 29 heavy (non-hydrogen) atoms. The van der Waals surface area contributed by atoms with Crippen molar-refractivity contribution in [3.63, 3.8) is 0 Å². The van der Waals surface area contributed by atoms with Crippen LogP contribution in [-0.4, -0.2) is 61.5 Å². The van der Waals surface area contributed by atoms with E-state index in [9.17, 15) is 9.59 Å². The van der Waals surface area contributed by atoms with Crippen LogP contribution in [0.1, 0.15) is 62.2 Å². The molecule has 1 heterocycles. The maximum atomic E-state index is 12.8. The Morgan fingerprint density at radius 2 is 1.76 bits per heavy atom. The van der Waals surface area contributed by atoms with E-state index in [-0.39, 0.29) is 18.4 Å². The van der Waals surface area contributed by atoms with Crippen molar-refractivity contribution < 1.29 is 19.1 Å². The van der Waals surface area contributed by atoms with Gasteiger partial charge in [0.15, 0.2) is 18.1 Å². The van der Waals surface area contributed by atoms with Gasteiger partial charge >= 0.3 is 0 Å². The first-order valence-corrected chi connectivity index (χ1v) is 11.0. The molecule has 0 spiro atoms. The average molecular weight is 403 g/mol. The molecule has 2 fully saturated rings. The molecule has 3 rings (SSSR count). The first-order valence-electron chi connectivity index (χ1n) is 11.0. The molecule has 1 aromatic rings. The lowest BCUT2D eigenvalue weighted by Crippen LogP contribution is -2.38. The Kier molecular flexibility index (Phi) is 7.78. The Morgan fingerprint density at radius 3 is 2.45 bits per heavy atom. The summed E-state index contributed by atoms with van der Waals surface area (Å²) in [7, 11) is 1.86. The molecule has 160 valence electrons. The lowest BCUT2D eigenvalue weighted by atomic mass is 10.1. The van der Waals surface area contributed by atoms with E-state index >= 15 is 0 Å². The lowest BCUT2D eigenvalue weighted by molar-refractivity contribution is -0.134. The van der Waals surface area contributed by atoms with Crippen LogP contribution >= 0.6 is 0 Å². The molecule has 1 aliphatic carbocycles. The Bertz CT molecular complexity index is 694. The largest absolute Gasteiger partial charge is 0.490 e. The number of hydrogen-bond donors (Lipinski definition) is 0. The summed E-state index contributed by atoms with van der Waals surface area (Å²) >= 11 is 0. The molecule has 1 aromatic carbocycles. The van der Waals surface area contributed by atoms with Gasteiger partial charge in [-0.2, -0.15) is 0 Å². The third kappa shape index (κ3) is 5.87. The van der Waals surface area contributed by atoms with Crippen LogP contribution in [0.3, 0.4) is 0 Å². The van der Waals surface area contributed by atoms with Crippen molar-refractivity contribution in [1.29, 1.82) is 0 Å². The number of piperidine rings is 1. The minimum absolute atomic E-state index is 0.00333. The fourth-order valence-electron chi connectivity index (χ4n) is 4.29. The van der Waals surface area contributed by atoms with Crippen LogP contribution in [0.15, 0.2) is 18.2 Å². The van der Waals surface area contributed by atoms with Crippen molar-refractivity contribution in [3.05, 3.63) is 23.8 Å². The molecule has 6 nitrogen and oxygen atoms in total. The zero-order valence-electron chi connectivity index (χ0n) is 17.8. The summed E-state index contributed by atoms with van der Waals surface area (Å²) < 4.78 is 11.5. The molecule has 0 unspecified atom stereocenters. The Balaban J connectivity index is 1.62. The van der Waals surface area contributed by atoms with E-state index in [4.69, 9.17) is 9.47 Å². The standard InChI is InChI=1S/C23H34N2O4/c1-3-28-21-15-19(23(27)24(2)16-18-9-5-6-10-18)11-12-20(21)29-17-22(26)25-13-7-4-8-14-25/h11-12,15,18H,3-10,13-14,16-17H2,1-2H3. The highest BCUT2D eigenvalue weighted by molar-refractivity contribution is 5.94. The van der Waals surface area contributed by atoms with Gasteiger partial charge in [0.1, 0.15) is 0 Å². The van der Waals surface area contributed by atoms with E-state index in [1.54, 1.807) is 18.2 Å². The van der Waals surface area contributed by atoms with Gasteiger partial charge < -0.3 is 19.3 Å². The molecular formula is C23H34N2O4. The summed E-state index contributed by atoms with van der Waals surface area (Å²) in [5.74, 6) is 1.63. The van der Waals surface area contributed by atoms with Crippen molar-refractivity contribution in [2.45, 2.75) is 51.9 Å². The Morgan fingerprint density at radius 1 is 1.03 bits per heavy atom. The van der Waals surface area contributed by atoms with Crippen LogP contribution in [0.5, 0.6) is 11.5 Å². The van der Waals surface area contributed by atoms with Gasteiger partial charge in [0.2, 0.25) is 0 Å². The maximum absolute atomic E-state index is 12.8. The van der Waals surface area contributed by atoms with Crippen molar-refractivity contribution in [2.75, 3.05) is 39.9 Å². The number of ether oxygens (including phenoxy) is 2. The first-order chi connectivity index (χ1) is 14.1. The summed E-state index contributed by atoms with van der Waals surface area (Å²) in [6.45, 7) is 4.76. The summed E-state index contributed by atoms with van der Waals surface area (Å²) in [6.07, 6.45) is 8.25. The number of rotatable bonds is 8. The normalized spacial score (nSPS) is 17.2. The highest BCUT2D eigenvalue weighted by Gasteiger charge is 2.22. The smallest absolute Gasteiger partial charge is 0.260 e. The summed E-state index contributed by atoms with van der Waals surface area (Å²) in [4.78, 5) is 28.9. The molecule has 1 saturated carbocycles. The minimum Gasteiger partial charge on any atom is -0.490 e. The third-order valence-corrected chi connectivity index (χ3v) is 5.90. The number of hydrogen-bond acceptors (Lipinski definition) is 4. The predicted octanol–water partition coefficient (Wildman–Crippen LogP) is 3.74. The highest BCUT2D eigenvalue weighted by atomic mass is 16.5. The van der Waals surface area contributed by atoms with Gasteiger partial charge in [-0.1, -0.05) is 12.8 Å². The van der Waals surface area contributed by atoms with E-state index in [2.05, 4.69) is 0 Å². The van der Waals surface area contributed by atoms with Gasteiger partial charge in [0, 0.05) is 32.2 Å². The zero-order chi connectivity index (χ0) is 20.6. The topological polar surface area (TPSA) is 59.1 Å². The summed E-state index contributed by atoms with van der Waals surface area (Å²) in [5.41, 5.74) is 0.587. The van der Waals surface area contributed by atoms with Crippen molar-refractivity contribution in [2.24, 2.45) is 5.92 Å². The van der Waals surface area contributed by atoms with E-state index < -0.39 is 0 Å². The van der Waals surface area contributed by atoms with E-state index in [0.717, 1.165) is 32.5 Å². The SMILES string of the molecule is CCOc1cc(C(=O)N(C)CC2CCCC2)ccc1OCC(=O)N1CCCCC1. The van der Waals surface area contributed by atoms with Gasteiger partial charge in [0.05, 0.1) is 6.61 Å². The quantitative estimate of drug-likeness (QED) is 0.665. The molecule has 2 aliphatic rings. The van der Waals surface area contributed by atoms with E-state index in [1.165, 1.54) is 32.1 Å². The fraction of sp³-hybridized carbons (Fsp3) is 0.652. The zero-order valence-corrected chi connectivity index (χ0v) is 17.8. The molecule has 0 atom stereocenters. The second kappa shape index (κ2) is 10.5. The van der Waals surface area contributed by atoms with Crippen LogP contribution in [0.4, 0.5) is 0 Å². The molecule has 2 amide bonds. The van der Waals surface area contributed by atoms with Gasteiger partial charge in [0.25, 0.3) is 11.8 Å². The van der Waals surface area contributed by atoms with Gasteiger partial charge in [-0.05, 0) is 63.1 Å². The van der Waals surface area contributed by atoms with Gasteiger partial charge in [-0.15, -0.1) is 0 Å². The number of nitrogens with zero attached hydrogens (tertiary/aromatic N) is 2. The molecular weight excluding hydrogens is 368 g/mol. The Labute approximate surface area is 174 Å². The molecule has 1 aliphatic heterocycles. The van der Waals surface area contributed by atoms with Crippen molar-refractivity contribution in [3.8, 4) is 11.5 Å². The number of benzene rings is 1. The molecule has 0 radical (unpaired) electrons. The molecule has 1 saturated heterocycles. The molecule has 6 heteroatoms. The number of carbonyl (C=O) groups is 2. The van der Waals surface area contributed by atoms with Gasteiger partial charge in [-0.25, -0.2) is 0 Å². The van der Waals surface area contributed by atoms with Crippen LogP contribution in [0.25, 0.3) is 0 Å². The molecule has 0 N–H and O–H groups in total. The van der Waals surface area contributed by atoms with Crippen LogP contribution < -0.4 is 9.47 Å². The lowest BCUT2D eigenvalue weighted by Gasteiger charge is -2.26. The second-order valence-corrected chi connectivity index (χ2v) is 8.16. The van der Waals surface area contributed by atoms with Gasteiger partial charge in [-0.3, -0.25) is 9.59 Å². The van der Waals surface area contributed by atoms with E-state index in [1.807, 2.05) is 23.8 Å². The van der Waals surface area contributed by atoms with E-state index in [0.29, 0.717) is 29.6 Å². The average Bonchev–Trinajstić information content (AvgIpc) is 3.26. The molecule has 0 bridgehead atoms. The number of likely N-dealkylation sites (tertiary alicyclic amines) is 1. The second-order valence-electron chi connectivity index (χ2n) is 8.16. The summed E-state index contributed by atoms with van der Waals surface area (Å²) in [5, 5.41) is 0. The number of carbonyl (C=O) groups excluding carboxylic acids is 2. The fourth-order valence-corrected chi connectivity index (χ4v) is 4.29. The third-order valence-electron chi connectivity index (χ3n) is 5.90. The van der Waals surface area contributed by atoms with Crippen LogP contribution in [0.2, 0.25) is 0 Å². The number of amides is 2. The molecule has 0 aromatic heterocycles. The van der Waals surface area contributed by atoms with Crippen LogP contribution in [-0.2, 0) is 4.79 Å². The first kappa shape index (κ1) is 21.5. The maximum Gasteiger partial charge on any atom is 0.260 e. The monoisotopic (exact) mass is 402 g/mol. The highest BCUT2D eigenvalue weighted by Crippen LogP contribution is 2.30. The Hall–Kier alpha value is -2.24. The summed E-state index contributed by atoms with van der Waals surface area (Å²) in [6, 6.07) is 5.24. The van der Waals surface area contributed by atoms with Crippen LogP contribution in [0, 0.1) is 5.92 Å². The minimum atomic E-state index is -0.00574. The predicted molar refractivity (Wildman–Crippen MR) is 112 cm³/mol. The van der Waals surface area contributed by atoms with Crippen molar-refractivity contribution >= 4 is 11.8 Å².